The number of hydrogen-bond acceptors (Lipinski definition) is 1. The molecule has 2 heteroatoms. The third kappa shape index (κ3) is 6.24. The van der Waals surface area contributed by atoms with Gasteiger partial charge in [-0.3, -0.25) is 4.79 Å². The summed E-state index contributed by atoms with van der Waals surface area (Å²) in [6.07, 6.45) is 10.4. The van der Waals surface area contributed by atoms with Crippen LogP contribution in [0.15, 0.2) is 30.3 Å². The van der Waals surface area contributed by atoms with Gasteiger partial charge in [-0.15, -0.1) is 0 Å². The molecule has 0 aromatic heterocycles. The normalized spacial score (nSPS) is 10.9. The molecule has 18 heavy (non-hydrogen) atoms. The van der Waals surface area contributed by atoms with Gasteiger partial charge in [-0.25, -0.2) is 0 Å². The van der Waals surface area contributed by atoms with Gasteiger partial charge in [-0.1, -0.05) is 62.6 Å². The number of nitrogens with two attached hydrogens (primary N) is 1. The zero-order valence-electron chi connectivity index (χ0n) is 11.2. The van der Waals surface area contributed by atoms with Crippen LogP contribution in [-0.4, -0.2) is 5.91 Å². The van der Waals surface area contributed by atoms with Crippen LogP contribution in [0, 0.1) is 0 Å². The minimum Gasteiger partial charge on any atom is -0.369 e. The Morgan fingerprint density at radius 1 is 1.17 bits per heavy atom. The number of rotatable bonds is 8. The first-order chi connectivity index (χ1) is 8.72. The van der Waals surface area contributed by atoms with Gasteiger partial charge in [-0.05, 0) is 24.0 Å². The number of amides is 1. The maximum absolute atomic E-state index is 10.6. The molecule has 2 N–H and O–H groups in total. The van der Waals surface area contributed by atoms with Crippen molar-refractivity contribution < 1.29 is 4.79 Å². The number of carbonyl (C=O) groups is 1. The van der Waals surface area contributed by atoms with Gasteiger partial charge in [0.05, 0.1) is 0 Å². The molecule has 0 saturated carbocycles. The number of primary amides is 1. The fourth-order valence-corrected chi connectivity index (χ4v) is 1.86. The van der Waals surface area contributed by atoms with Crippen molar-refractivity contribution in [2.45, 2.75) is 45.4 Å². The van der Waals surface area contributed by atoms with Gasteiger partial charge in [0.1, 0.15) is 0 Å². The summed E-state index contributed by atoms with van der Waals surface area (Å²) in [5.41, 5.74) is 7.58. The summed E-state index contributed by atoms with van der Waals surface area (Å²) in [4.78, 5) is 10.6. The molecule has 0 atom stereocenters. The minimum atomic E-state index is -0.293. The zero-order chi connectivity index (χ0) is 13.2. The van der Waals surface area contributed by atoms with Gasteiger partial charge < -0.3 is 5.73 Å². The highest BCUT2D eigenvalue weighted by molar-refractivity contribution is 5.76. The molecular formula is C16H23NO. The van der Waals surface area contributed by atoms with Crippen molar-refractivity contribution in [2.24, 2.45) is 5.73 Å². The Morgan fingerprint density at radius 3 is 2.50 bits per heavy atom. The van der Waals surface area contributed by atoms with E-state index in [-0.39, 0.29) is 5.91 Å². The molecular weight excluding hydrogens is 222 g/mol. The molecule has 1 aromatic carbocycles. The van der Waals surface area contributed by atoms with Crippen molar-refractivity contribution in [1.82, 2.24) is 0 Å². The van der Waals surface area contributed by atoms with E-state index < -0.39 is 0 Å². The Balaban J connectivity index is 2.37. The fourth-order valence-electron chi connectivity index (χ4n) is 1.86. The fraction of sp³-hybridized carbons (Fsp3) is 0.438. The maximum atomic E-state index is 10.6. The lowest BCUT2D eigenvalue weighted by Gasteiger charge is -2.01. The highest BCUT2D eigenvalue weighted by atomic mass is 16.1. The second-order valence-corrected chi connectivity index (χ2v) is 4.63. The monoisotopic (exact) mass is 245 g/mol. The average molecular weight is 245 g/mol. The van der Waals surface area contributed by atoms with E-state index in [1.54, 1.807) is 6.08 Å². The van der Waals surface area contributed by atoms with Gasteiger partial charge in [0.15, 0.2) is 0 Å². The van der Waals surface area contributed by atoms with Crippen molar-refractivity contribution >= 4 is 12.0 Å². The van der Waals surface area contributed by atoms with Crippen LogP contribution in [0.5, 0.6) is 0 Å². The lowest BCUT2D eigenvalue weighted by molar-refractivity contribution is -0.117. The van der Waals surface area contributed by atoms with E-state index in [2.05, 4.69) is 31.2 Å². The van der Waals surface area contributed by atoms with Crippen molar-refractivity contribution in [2.75, 3.05) is 0 Å². The molecule has 0 radical (unpaired) electrons. The molecule has 2 nitrogen and oxygen atoms in total. The van der Waals surface area contributed by atoms with E-state index in [1.165, 1.54) is 31.2 Å². The Morgan fingerprint density at radius 2 is 1.89 bits per heavy atom. The molecule has 0 unspecified atom stereocenters. The van der Waals surface area contributed by atoms with Crippen LogP contribution >= 0.6 is 0 Å². The van der Waals surface area contributed by atoms with Crippen molar-refractivity contribution in [3.05, 3.63) is 41.5 Å². The quantitative estimate of drug-likeness (QED) is 0.697. The van der Waals surface area contributed by atoms with Gasteiger partial charge in [0.25, 0.3) is 0 Å². The lowest BCUT2D eigenvalue weighted by Crippen LogP contribution is -2.07. The third-order valence-corrected chi connectivity index (χ3v) is 2.93. The van der Waals surface area contributed by atoms with Gasteiger partial charge in [0.2, 0.25) is 5.91 Å². The molecule has 1 aromatic rings. The summed E-state index contributed by atoms with van der Waals surface area (Å²) in [7, 11) is 0. The maximum Gasteiger partial charge on any atom is 0.221 e. The number of unbranched alkanes of at least 4 members (excludes halogenated alkanes) is 3. The summed E-state index contributed by atoms with van der Waals surface area (Å²) in [6, 6.07) is 8.51. The van der Waals surface area contributed by atoms with E-state index in [1.807, 2.05) is 6.08 Å². The Bertz CT molecular complexity index is 379. The SMILES string of the molecule is CCCCCCc1ccc(C=CCC(N)=O)cc1. The number of hydrogen-bond donors (Lipinski definition) is 1. The predicted octanol–water partition coefficient (Wildman–Crippen LogP) is 3.70. The molecule has 0 aliphatic rings. The highest BCUT2D eigenvalue weighted by Crippen LogP contribution is 2.10. The minimum absolute atomic E-state index is 0.293. The zero-order valence-corrected chi connectivity index (χ0v) is 11.2. The highest BCUT2D eigenvalue weighted by Gasteiger charge is 1.94. The first kappa shape index (κ1) is 14.5. The summed E-state index contributed by atoms with van der Waals surface area (Å²) < 4.78 is 0. The molecule has 0 saturated heterocycles. The summed E-state index contributed by atoms with van der Waals surface area (Å²) in [6.45, 7) is 2.23. The molecule has 1 amide bonds. The molecule has 0 spiro atoms. The van der Waals surface area contributed by atoms with E-state index in [4.69, 9.17) is 5.73 Å². The largest absolute Gasteiger partial charge is 0.369 e. The molecule has 0 fully saturated rings. The van der Waals surface area contributed by atoms with Crippen LogP contribution in [0.2, 0.25) is 0 Å². The Kier molecular flexibility index (Phi) is 6.85. The van der Waals surface area contributed by atoms with Gasteiger partial charge >= 0.3 is 0 Å². The van der Waals surface area contributed by atoms with Crippen LogP contribution in [0.1, 0.15) is 50.2 Å². The molecule has 98 valence electrons. The van der Waals surface area contributed by atoms with Crippen LogP contribution in [0.25, 0.3) is 6.08 Å². The number of aryl methyl sites for hydroxylation is 1. The smallest absolute Gasteiger partial charge is 0.221 e. The third-order valence-electron chi connectivity index (χ3n) is 2.93. The van der Waals surface area contributed by atoms with Crippen LogP contribution in [0.4, 0.5) is 0 Å². The molecule has 1 rings (SSSR count). The second kappa shape index (κ2) is 8.51. The standard InChI is InChI=1S/C16H23NO/c1-2-3-4-5-7-14-10-12-15(13-11-14)8-6-9-16(17)18/h6,8,10-13H,2-5,7,9H2,1H3,(H2,17,18). The lowest BCUT2D eigenvalue weighted by atomic mass is 10.0. The van der Waals surface area contributed by atoms with Crippen molar-refractivity contribution in [3.8, 4) is 0 Å². The molecule has 0 bridgehead atoms. The number of carbonyl (C=O) groups excluding carboxylic acids is 1. The van der Waals surface area contributed by atoms with E-state index in [0.717, 1.165) is 12.0 Å². The van der Waals surface area contributed by atoms with Crippen LogP contribution < -0.4 is 5.73 Å². The topological polar surface area (TPSA) is 43.1 Å². The summed E-state index contributed by atoms with van der Waals surface area (Å²) >= 11 is 0. The Hall–Kier alpha value is -1.57. The molecule has 0 heterocycles. The first-order valence-electron chi connectivity index (χ1n) is 6.76. The molecule has 0 aliphatic carbocycles. The van der Waals surface area contributed by atoms with E-state index in [0.29, 0.717) is 6.42 Å². The van der Waals surface area contributed by atoms with Gasteiger partial charge in [-0.2, -0.15) is 0 Å². The predicted molar refractivity (Wildman–Crippen MR) is 77.1 cm³/mol. The van der Waals surface area contributed by atoms with E-state index >= 15 is 0 Å². The summed E-state index contributed by atoms with van der Waals surface area (Å²) in [5, 5.41) is 0. The first-order valence-corrected chi connectivity index (χ1v) is 6.76. The van der Waals surface area contributed by atoms with E-state index in [9.17, 15) is 4.79 Å². The van der Waals surface area contributed by atoms with Crippen LogP contribution in [0.3, 0.4) is 0 Å². The van der Waals surface area contributed by atoms with Crippen molar-refractivity contribution in [3.63, 3.8) is 0 Å². The summed E-state index contributed by atoms with van der Waals surface area (Å²) in [5.74, 6) is -0.293. The second-order valence-electron chi connectivity index (χ2n) is 4.63. The Labute approximate surface area is 110 Å². The van der Waals surface area contributed by atoms with Crippen molar-refractivity contribution in [1.29, 1.82) is 0 Å². The van der Waals surface area contributed by atoms with Gasteiger partial charge in [0, 0.05) is 6.42 Å². The molecule has 0 aliphatic heterocycles. The number of benzene rings is 1. The average Bonchev–Trinajstić information content (AvgIpc) is 2.36. The van der Waals surface area contributed by atoms with Crippen LogP contribution in [-0.2, 0) is 11.2 Å².